The Hall–Kier alpha value is -2.24. The van der Waals surface area contributed by atoms with Crippen molar-refractivity contribution in [3.8, 4) is 11.5 Å². The number of carbonyl (C=O) groups excluding carboxylic acids is 1. The molecule has 0 radical (unpaired) electrons. The second kappa shape index (κ2) is 6.79. The van der Waals surface area contributed by atoms with Crippen LogP contribution in [0.4, 0.5) is 0 Å². The molecule has 0 saturated heterocycles. The van der Waals surface area contributed by atoms with E-state index in [9.17, 15) is 14.7 Å². The van der Waals surface area contributed by atoms with Crippen molar-refractivity contribution in [3.05, 3.63) is 23.8 Å². The first-order chi connectivity index (χ1) is 9.40. The van der Waals surface area contributed by atoms with Crippen molar-refractivity contribution >= 4 is 11.9 Å². The van der Waals surface area contributed by atoms with E-state index in [1.165, 1.54) is 30.2 Å². The summed E-state index contributed by atoms with van der Waals surface area (Å²) in [5.41, 5.74) is 0.294. The number of phenolic OH excluding ortho intramolecular Hbond substituents is 1. The molecule has 1 aromatic carbocycles. The fourth-order valence-corrected chi connectivity index (χ4v) is 1.77. The minimum absolute atomic E-state index is 0.122. The van der Waals surface area contributed by atoms with Gasteiger partial charge in [0, 0.05) is 18.7 Å². The lowest BCUT2D eigenvalue weighted by Gasteiger charge is -2.23. The molecule has 0 aromatic heterocycles. The number of carbonyl (C=O) groups is 2. The third kappa shape index (κ3) is 3.63. The number of hydrogen-bond donors (Lipinski definition) is 2. The molecule has 1 unspecified atom stereocenters. The molecule has 0 spiro atoms. The molecule has 2 N–H and O–H groups in total. The Labute approximate surface area is 117 Å². The number of phenols is 1. The molecule has 6 heteroatoms. The standard InChI is InChI=1S/C14H19NO5/c1-4-15(8-9(2)14(18)19)13(17)10-5-6-12(20-3)11(16)7-10/h5-7,9,16H,4,8H2,1-3H3,(H,18,19). The van der Waals surface area contributed by atoms with Crippen LogP contribution in [0.25, 0.3) is 0 Å². The molecule has 0 saturated carbocycles. The molecule has 0 fully saturated rings. The second-order valence-corrected chi connectivity index (χ2v) is 4.47. The van der Waals surface area contributed by atoms with Gasteiger partial charge < -0.3 is 19.8 Å². The van der Waals surface area contributed by atoms with Gasteiger partial charge in [-0.1, -0.05) is 6.92 Å². The van der Waals surface area contributed by atoms with Gasteiger partial charge in [-0.3, -0.25) is 9.59 Å². The third-order valence-electron chi connectivity index (χ3n) is 3.01. The highest BCUT2D eigenvalue weighted by Crippen LogP contribution is 2.26. The normalized spacial score (nSPS) is 11.8. The molecular weight excluding hydrogens is 262 g/mol. The number of aliphatic carboxylic acids is 1. The van der Waals surface area contributed by atoms with E-state index in [1.807, 2.05) is 0 Å². The van der Waals surface area contributed by atoms with Crippen LogP contribution < -0.4 is 4.74 Å². The highest BCUT2D eigenvalue weighted by atomic mass is 16.5. The molecule has 0 aliphatic rings. The van der Waals surface area contributed by atoms with Crippen LogP contribution in [0.3, 0.4) is 0 Å². The van der Waals surface area contributed by atoms with E-state index in [0.717, 1.165) is 0 Å². The topological polar surface area (TPSA) is 87.1 Å². The van der Waals surface area contributed by atoms with Gasteiger partial charge in [0.05, 0.1) is 13.0 Å². The quantitative estimate of drug-likeness (QED) is 0.826. The van der Waals surface area contributed by atoms with Gasteiger partial charge in [0.1, 0.15) is 0 Å². The van der Waals surface area contributed by atoms with Crippen molar-refractivity contribution in [1.29, 1.82) is 0 Å². The van der Waals surface area contributed by atoms with Crippen molar-refractivity contribution in [3.63, 3.8) is 0 Å². The van der Waals surface area contributed by atoms with Gasteiger partial charge in [0.2, 0.25) is 0 Å². The first kappa shape index (κ1) is 15.8. The molecule has 110 valence electrons. The molecule has 0 heterocycles. The summed E-state index contributed by atoms with van der Waals surface area (Å²) >= 11 is 0. The Bertz CT molecular complexity index is 500. The van der Waals surface area contributed by atoms with Gasteiger partial charge in [-0.05, 0) is 25.1 Å². The van der Waals surface area contributed by atoms with Gasteiger partial charge in [0.15, 0.2) is 11.5 Å². The maximum absolute atomic E-state index is 12.3. The molecule has 0 aliphatic heterocycles. The number of aromatic hydroxyl groups is 1. The fraction of sp³-hybridized carbons (Fsp3) is 0.429. The molecule has 20 heavy (non-hydrogen) atoms. The lowest BCUT2D eigenvalue weighted by molar-refractivity contribution is -0.141. The third-order valence-corrected chi connectivity index (χ3v) is 3.01. The number of hydrogen-bond acceptors (Lipinski definition) is 4. The molecule has 1 atom stereocenters. The number of methoxy groups -OCH3 is 1. The Morgan fingerprint density at radius 2 is 2.05 bits per heavy atom. The zero-order chi connectivity index (χ0) is 15.3. The maximum atomic E-state index is 12.3. The van der Waals surface area contributed by atoms with E-state index in [4.69, 9.17) is 9.84 Å². The lowest BCUT2D eigenvalue weighted by Crippen LogP contribution is -2.36. The van der Waals surface area contributed by atoms with Gasteiger partial charge in [-0.25, -0.2) is 0 Å². The Kier molecular flexibility index (Phi) is 5.37. The minimum Gasteiger partial charge on any atom is -0.504 e. The number of carboxylic acid groups (broad SMARTS) is 1. The largest absolute Gasteiger partial charge is 0.504 e. The van der Waals surface area contributed by atoms with Crippen molar-refractivity contribution in [2.24, 2.45) is 5.92 Å². The molecule has 0 aliphatic carbocycles. The van der Waals surface area contributed by atoms with Crippen molar-refractivity contribution in [2.75, 3.05) is 20.2 Å². The average molecular weight is 281 g/mol. The first-order valence-electron chi connectivity index (χ1n) is 6.29. The molecule has 1 amide bonds. The van der Waals surface area contributed by atoms with Crippen LogP contribution in [0.5, 0.6) is 11.5 Å². The summed E-state index contributed by atoms with van der Waals surface area (Å²) < 4.78 is 4.91. The smallest absolute Gasteiger partial charge is 0.308 e. The summed E-state index contributed by atoms with van der Waals surface area (Å²) in [5, 5.41) is 18.6. The number of ether oxygens (including phenoxy) is 1. The van der Waals surface area contributed by atoms with Gasteiger partial charge >= 0.3 is 5.97 Å². The van der Waals surface area contributed by atoms with Crippen molar-refractivity contribution in [2.45, 2.75) is 13.8 Å². The van der Waals surface area contributed by atoms with Gasteiger partial charge in [-0.2, -0.15) is 0 Å². The first-order valence-corrected chi connectivity index (χ1v) is 6.29. The summed E-state index contributed by atoms with van der Waals surface area (Å²) in [4.78, 5) is 24.6. The SMILES string of the molecule is CCN(CC(C)C(=O)O)C(=O)c1ccc(OC)c(O)c1. The monoisotopic (exact) mass is 281 g/mol. The fourth-order valence-electron chi connectivity index (χ4n) is 1.77. The summed E-state index contributed by atoms with van der Waals surface area (Å²) in [6.45, 7) is 3.83. The van der Waals surface area contributed by atoms with Crippen LogP contribution in [0, 0.1) is 5.92 Å². The van der Waals surface area contributed by atoms with Gasteiger partial charge in [0.25, 0.3) is 5.91 Å². The highest BCUT2D eigenvalue weighted by Gasteiger charge is 2.21. The number of carboxylic acids is 1. The summed E-state index contributed by atoms with van der Waals surface area (Å²) in [7, 11) is 1.42. The highest BCUT2D eigenvalue weighted by molar-refractivity contribution is 5.95. The van der Waals surface area contributed by atoms with Crippen LogP contribution in [-0.2, 0) is 4.79 Å². The number of benzene rings is 1. The van der Waals surface area contributed by atoms with Crippen LogP contribution in [0.2, 0.25) is 0 Å². The Balaban J connectivity index is 2.91. The summed E-state index contributed by atoms with van der Waals surface area (Å²) in [6.07, 6.45) is 0. The summed E-state index contributed by atoms with van der Waals surface area (Å²) in [5.74, 6) is -1.76. The zero-order valence-electron chi connectivity index (χ0n) is 11.8. The maximum Gasteiger partial charge on any atom is 0.308 e. The van der Waals surface area contributed by atoms with E-state index in [-0.39, 0.29) is 24.0 Å². The molecule has 0 bridgehead atoms. The average Bonchev–Trinajstić information content (AvgIpc) is 2.43. The second-order valence-electron chi connectivity index (χ2n) is 4.47. The van der Waals surface area contributed by atoms with E-state index < -0.39 is 11.9 Å². The van der Waals surface area contributed by atoms with Crippen molar-refractivity contribution < 1.29 is 24.5 Å². The van der Waals surface area contributed by atoms with E-state index in [1.54, 1.807) is 13.8 Å². The van der Waals surface area contributed by atoms with Crippen molar-refractivity contribution in [1.82, 2.24) is 4.90 Å². The minimum atomic E-state index is -0.950. The van der Waals surface area contributed by atoms with Crippen LogP contribution in [-0.4, -0.2) is 47.2 Å². The number of rotatable bonds is 6. The predicted molar refractivity (Wildman–Crippen MR) is 73.0 cm³/mol. The Morgan fingerprint density at radius 3 is 2.50 bits per heavy atom. The molecule has 6 nitrogen and oxygen atoms in total. The van der Waals surface area contributed by atoms with E-state index in [0.29, 0.717) is 12.1 Å². The zero-order valence-corrected chi connectivity index (χ0v) is 11.8. The van der Waals surface area contributed by atoms with E-state index >= 15 is 0 Å². The summed E-state index contributed by atoms with van der Waals surface area (Å²) in [6, 6.07) is 4.35. The van der Waals surface area contributed by atoms with E-state index in [2.05, 4.69) is 0 Å². The lowest BCUT2D eigenvalue weighted by atomic mass is 10.1. The molecular formula is C14H19NO5. The van der Waals surface area contributed by atoms with Crippen LogP contribution in [0.1, 0.15) is 24.2 Å². The van der Waals surface area contributed by atoms with Crippen LogP contribution >= 0.6 is 0 Å². The molecule has 1 rings (SSSR count). The number of nitrogens with zero attached hydrogens (tertiary/aromatic N) is 1. The number of amides is 1. The molecule has 1 aromatic rings. The van der Waals surface area contributed by atoms with Gasteiger partial charge in [-0.15, -0.1) is 0 Å². The van der Waals surface area contributed by atoms with Crippen LogP contribution in [0.15, 0.2) is 18.2 Å². The predicted octanol–water partition coefficient (Wildman–Crippen LogP) is 1.58. The Morgan fingerprint density at radius 1 is 1.40 bits per heavy atom.